The Bertz CT molecular complexity index is 433. The fourth-order valence-electron chi connectivity index (χ4n) is 2.40. The lowest BCUT2D eigenvalue weighted by atomic mass is 10.1. The summed E-state index contributed by atoms with van der Waals surface area (Å²) >= 11 is 6.01. The minimum atomic E-state index is 0.0616. The highest BCUT2D eigenvalue weighted by Crippen LogP contribution is 2.21. The van der Waals surface area contributed by atoms with E-state index < -0.39 is 0 Å². The summed E-state index contributed by atoms with van der Waals surface area (Å²) < 4.78 is 0. The van der Waals surface area contributed by atoms with Crippen LogP contribution in [0.15, 0.2) is 24.3 Å². The zero-order valence-electron chi connectivity index (χ0n) is 10.6. The summed E-state index contributed by atoms with van der Waals surface area (Å²) in [6.45, 7) is 5.87. The number of nitrogens with zero attached hydrogens (tertiary/aromatic N) is 3. The van der Waals surface area contributed by atoms with E-state index in [-0.39, 0.29) is 6.04 Å². The van der Waals surface area contributed by atoms with Gasteiger partial charge in [-0.1, -0.05) is 24.6 Å². The molecule has 1 heterocycles. The monoisotopic (exact) mass is 263 g/mol. The number of hydrogen-bond donors (Lipinski definition) is 0. The van der Waals surface area contributed by atoms with Crippen molar-refractivity contribution >= 4 is 17.3 Å². The van der Waals surface area contributed by atoms with Gasteiger partial charge >= 0.3 is 0 Å². The first-order valence-electron chi connectivity index (χ1n) is 6.38. The molecule has 1 aliphatic rings. The predicted molar refractivity (Wildman–Crippen MR) is 74.9 cm³/mol. The van der Waals surface area contributed by atoms with Crippen LogP contribution in [0.4, 0.5) is 5.69 Å². The number of hydrogen-bond acceptors (Lipinski definition) is 3. The lowest BCUT2D eigenvalue weighted by Crippen LogP contribution is -2.49. The van der Waals surface area contributed by atoms with Gasteiger partial charge in [-0.15, -0.1) is 0 Å². The highest BCUT2D eigenvalue weighted by molar-refractivity contribution is 6.30. The molecule has 0 radical (unpaired) electrons. The number of piperazine rings is 1. The fourth-order valence-corrected chi connectivity index (χ4v) is 2.58. The normalized spacial score (nSPS) is 18.4. The van der Waals surface area contributed by atoms with Crippen molar-refractivity contribution < 1.29 is 0 Å². The molecule has 4 heteroatoms. The van der Waals surface area contributed by atoms with Crippen molar-refractivity contribution in [2.75, 3.05) is 31.1 Å². The maximum Gasteiger partial charge on any atom is 0.0976 e. The number of rotatable bonds is 3. The van der Waals surface area contributed by atoms with E-state index in [1.54, 1.807) is 0 Å². The number of anilines is 1. The van der Waals surface area contributed by atoms with E-state index in [1.165, 1.54) is 5.69 Å². The first-order valence-corrected chi connectivity index (χ1v) is 6.76. The van der Waals surface area contributed by atoms with Crippen LogP contribution in [0.1, 0.15) is 13.3 Å². The summed E-state index contributed by atoms with van der Waals surface area (Å²) in [5.74, 6) is 0. The summed E-state index contributed by atoms with van der Waals surface area (Å²) in [6, 6.07) is 10.4. The largest absolute Gasteiger partial charge is 0.369 e. The van der Waals surface area contributed by atoms with E-state index in [0.717, 1.165) is 37.6 Å². The van der Waals surface area contributed by atoms with Crippen LogP contribution < -0.4 is 4.90 Å². The molecule has 1 fully saturated rings. The highest BCUT2D eigenvalue weighted by atomic mass is 35.5. The lowest BCUT2D eigenvalue weighted by molar-refractivity contribution is 0.216. The zero-order valence-corrected chi connectivity index (χ0v) is 11.4. The van der Waals surface area contributed by atoms with Crippen molar-refractivity contribution in [2.45, 2.75) is 19.4 Å². The van der Waals surface area contributed by atoms with Gasteiger partial charge in [-0.2, -0.15) is 5.26 Å². The molecule has 1 aliphatic heterocycles. The Hall–Kier alpha value is -1.24. The van der Waals surface area contributed by atoms with Crippen LogP contribution in [0.2, 0.25) is 5.02 Å². The molecule has 0 spiro atoms. The Morgan fingerprint density at radius 1 is 1.33 bits per heavy atom. The average molecular weight is 264 g/mol. The van der Waals surface area contributed by atoms with Gasteiger partial charge in [-0.3, -0.25) is 4.90 Å². The van der Waals surface area contributed by atoms with Crippen molar-refractivity contribution in [1.29, 1.82) is 5.26 Å². The van der Waals surface area contributed by atoms with Gasteiger partial charge in [-0.25, -0.2) is 0 Å². The Kier molecular flexibility index (Phi) is 4.46. The molecule has 18 heavy (non-hydrogen) atoms. The Morgan fingerprint density at radius 2 is 2.06 bits per heavy atom. The molecular weight excluding hydrogens is 246 g/mol. The molecule has 1 saturated heterocycles. The zero-order chi connectivity index (χ0) is 13.0. The van der Waals surface area contributed by atoms with Gasteiger partial charge in [0.1, 0.15) is 0 Å². The predicted octanol–water partition coefficient (Wildman–Crippen LogP) is 2.76. The molecule has 0 aromatic heterocycles. The van der Waals surface area contributed by atoms with Crippen LogP contribution in [0.5, 0.6) is 0 Å². The third-order valence-corrected chi connectivity index (χ3v) is 3.70. The summed E-state index contributed by atoms with van der Waals surface area (Å²) in [5.41, 5.74) is 1.17. The smallest absolute Gasteiger partial charge is 0.0976 e. The maximum absolute atomic E-state index is 9.07. The second-order valence-corrected chi connectivity index (χ2v) is 4.99. The first-order chi connectivity index (χ1) is 8.74. The minimum Gasteiger partial charge on any atom is -0.369 e. The van der Waals surface area contributed by atoms with E-state index in [0.29, 0.717) is 0 Å². The first kappa shape index (κ1) is 13.2. The maximum atomic E-state index is 9.07. The lowest BCUT2D eigenvalue weighted by Gasteiger charge is -2.37. The van der Waals surface area contributed by atoms with Crippen molar-refractivity contribution in [1.82, 2.24) is 4.90 Å². The van der Waals surface area contributed by atoms with Gasteiger partial charge < -0.3 is 4.90 Å². The van der Waals surface area contributed by atoms with E-state index in [1.807, 2.05) is 18.2 Å². The molecule has 1 aromatic rings. The number of nitriles is 1. The van der Waals surface area contributed by atoms with Gasteiger partial charge in [0.25, 0.3) is 0 Å². The molecule has 1 aromatic carbocycles. The van der Waals surface area contributed by atoms with Gasteiger partial charge in [0.2, 0.25) is 0 Å². The molecule has 0 saturated carbocycles. The number of benzene rings is 1. The van der Waals surface area contributed by atoms with Crippen molar-refractivity contribution in [2.24, 2.45) is 0 Å². The molecule has 96 valence electrons. The molecule has 1 atom stereocenters. The quantitative estimate of drug-likeness (QED) is 0.840. The third-order valence-electron chi connectivity index (χ3n) is 3.46. The van der Waals surface area contributed by atoms with Gasteiger partial charge in [0.05, 0.1) is 12.1 Å². The standard InChI is InChI=1S/C14H18ClN3/c1-2-13(11-16)17-6-8-18(9-7-17)14-5-3-4-12(15)10-14/h3-5,10,13H,2,6-9H2,1H3. The van der Waals surface area contributed by atoms with Crippen LogP contribution in [-0.4, -0.2) is 37.1 Å². The summed E-state index contributed by atoms with van der Waals surface area (Å²) in [5, 5.41) is 9.85. The van der Waals surface area contributed by atoms with Crippen molar-refractivity contribution in [3.8, 4) is 6.07 Å². The number of halogens is 1. The third kappa shape index (κ3) is 2.95. The molecule has 3 nitrogen and oxygen atoms in total. The molecule has 0 amide bonds. The van der Waals surface area contributed by atoms with E-state index in [2.05, 4.69) is 28.9 Å². The molecule has 0 aliphatic carbocycles. The molecule has 1 unspecified atom stereocenters. The second kappa shape index (κ2) is 6.08. The van der Waals surface area contributed by atoms with Gasteiger partial charge in [0.15, 0.2) is 0 Å². The van der Waals surface area contributed by atoms with Crippen LogP contribution >= 0.6 is 11.6 Å². The van der Waals surface area contributed by atoms with Gasteiger partial charge in [-0.05, 0) is 24.6 Å². The summed E-state index contributed by atoms with van der Waals surface area (Å²) in [4.78, 5) is 4.59. The SMILES string of the molecule is CCC(C#N)N1CCN(c2cccc(Cl)c2)CC1. The Labute approximate surface area is 114 Å². The summed E-state index contributed by atoms with van der Waals surface area (Å²) in [7, 11) is 0. The van der Waals surface area contributed by atoms with Crippen LogP contribution in [-0.2, 0) is 0 Å². The molecule has 2 rings (SSSR count). The molecule has 0 N–H and O–H groups in total. The topological polar surface area (TPSA) is 30.3 Å². The summed E-state index contributed by atoms with van der Waals surface area (Å²) in [6.07, 6.45) is 0.896. The van der Waals surface area contributed by atoms with Crippen molar-refractivity contribution in [3.63, 3.8) is 0 Å². The Morgan fingerprint density at radius 3 is 2.61 bits per heavy atom. The van der Waals surface area contributed by atoms with Crippen LogP contribution in [0.25, 0.3) is 0 Å². The average Bonchev–Trinajstić information content (AvgIpc) is 2.41. The highest BCUT2D eigenvalue weighted by Gasteiger charge is 2.22. The second-order valence-electron chi connectivity index (χ2n) is 4.56. The molecular formula is C14H18ClN3. The minimum absolute atomic E-state index is 0.0616. The fraction of sp³-hybridized carbons (Fsp3) is 0.500. The van der Waals surface area contributed by atoms with E-state index in [4.69, 9.17) is 16.9 Å². The molecule has 0 bridgehead atoms. The van der Waals surface area contributed by atoms with E-state index >= 15 is 0 Å². The van der Waals surface area contributed by atoms with E-state index in [9.17, 15) is 0 Å². The van der Waals surface area contributed by atoms with Crippen molar-refractivity contribution in [3.05, 3.63) is 29.3 Å². The van der Waals surface area contributed by atoms with Gasteiger partial charge in [0, 0.05) is 36.9 Å². The Balaban J connectivity index is 1.97. The van der Waals surface area contributed by atoms with Crippen LogP contribution in [0, 0.1) is 11.3 Å². The van der Waals surface area contributed by atoms with Crippen LogP contribution in [0.3, 0.4) is 0 Å².